The molecule has 0 spiro atoms. The number of hydrogen-bond donors (Lipinski definition) is 2. The number of rotatable bonds is 5. The normalized spacial score (nSPS) is 26.4. The number of hydrogen-bond acceptors (Lipinski definition) is 4. The SMILES string of the molecule is CO[C@H]1CNCC1NC(=O)CCSC. The summed E-state index contributed by atoms with van der Waals surface area (Å²) >= 11 is 1.69. The molecule has 5 heteroatoms. The predicted octanol–water partition coefficient (Wildman–Crippen LogP) is -0.157. The summed E-state index contributed by atoms with van der Waals surface area (Å²) in [6, 6.07) is 0.134. The van der Waals surface area contributed by atoms with Crippen molar-refractivity contribution in [3.05, 3.63) is 0 Å². The first-order valence-corrected chi connectivity index (χ1v) is 6.19. The zero-order chi connectivity index (χ0) is 10.4. The van der Waals surface area contributed by atoms with Gasteiger partial charge in [-0.1, -0.05) is 0 Å². The van der Waals surface area contributed by atoms with Gasteiger partial charge >= 0.3 is 0 Å². The highest BCUT2D eigenvalue weighted by Crippen LogP contribution is 2.04. The number of amides is 1. The van der Waals surface area contributed by atoms with Crippen molar-refractivity contribution in [3.8, 4) is 0 Å². The van der Waals surface area contributed by atoms with E-state index < -0.39 is 0 Å². The zero-order valence-electron chi connectivity index (χ0n) is 8.71. The van der Waals surface area contributed by atoms with E-state index in [1.807, 2.05) is 6.26 Å². The van der Waals surface area contributed by atoms with E-state index in [1.165, 1.54) is 0 Å². The van der Waals surface area contributed by atoms with Crippen molar-refractivity contribution >= 4 is 17.7 Å². The minimum atomic E-state index is 0.119. The maximum absolute atomic E-state index is 11.4. The van der Waals surface area contributed by atoms with Crippen LogP contribution in [0.5, 0.6) is 0 Å². The van der Waals surface area contributed by atoms with Gasteiger partial charge in [0.05, 0.1) is 12.1 Å². The van der Waals surface area contributed by atoms with Crippen molar-refractivity contribution in [2.24, 2.45) is 0 Å². The number of carbonyl (C=O) groups is 1. The molecule has 0 bridgehead atoms. The maximum Gasteiger partial charge on any atom is 0.221 e. The molecule has 0 saturated carbocycles. The van der Waals surface area contributed by atoms with Crippen molar-refractivity contribution < 1.29 is 9.53 Å². The summed E-state index contributed by atoms with van der Waals surface area (Å²) in [6.45, 7) is 1.63. The molecule has 14 heavy (non-hydrogen) atoms. The molecular formula is C9H18N2O2S. The zero-order valence-corrected chi connectivity index (χ0v) is 9.52. The summed E-state index contributed by atoms with van der Waals surface area (Å²) in [6.07, 6.45) is 2.71. The molecule has 0 aromatic carbocycles. The maximum atomic E-state index is 11.4. The van der Waals surface area contributed by atoms with Gasteiger partial charge in [0, 0.05) is 32.4 Å². The van der Waals surface area contributed by atoms with Gasteiger partial charge < -0.3 is 15.4 Å². The second-order valence-corrected chi connectivity index (χ2v) is 4.33. The number of methoxy groups -OCH3 is 1. The largest absolute Gasteiger partial charge is 0.378 e. The van der Waals surface area contributed by atoms with Crippen molar-refractivity contribution in [1.29, 1.82) is 0 Å². The fourth-order valence-corrected chi connectivity index (χ4v) is 1.91. The molecule has 1 aliphatic heterocycles. The Morgan fingerprint density at radius 3 is 3.07 bits per heavy atom. The van der Waals surface area contributed by atoms with E-state index >= 15 is 0 Å². The van der Waals surface area contributed by atoms with Crippen LogP contribution in [-0.2, 0) is 9.53 Å². The van der Waals surface area contributed by atoms with Gasteiger partial charge in [0.1, 0.15) is 0 Å². The van der Waals surface area contributed by atoms with Crippen LogP contribution in [-0.4, -0.2) is 50.3 Å². The van der Waals surface area contributed by atoms with Gasteiger partial charge in [0.2, 0.25) is 5.91 Å². The summed E-state index contributed by atoms with van der Waals surface area (Å²) < 4.78 is 5.25. The number of nitrogens with one attached hydrogen (secondary N) is 2. The Hall–Kier alpha value is -0.260. The Morgan fingerprint density at radius 2 is 2.43 bits per heavy atom. The highest BCUT2D eigenvalue weighted by atomic mass is 32.2. The lowest BCUT2D eigenvalue weighted by atomic mass is 10.2. The van der Waals surface area contributed by atoms with Crippen LogP contribution in [0, 0.1) is 0 Å². The first kappa shape index (κ1) is 11.8. The molecule has 1 rings (SSSR count). The van der Waals surface area contributed by atoms with E-state index in [0.717, 1.165) is 18.8 Å². The average Bonchev–Trinajstić information content (AvgIpc) is 2.62. The minimum Gasteiger partial charge on any atom is -0.378 e. The Labute approximate surface area is 89.2 Å². The molecule has 0 radical (unpaired) electrons. The molecule has 1 amide bonds. The van der Waals surface area contributed by atoms with Crippen LogP contribution < -0.4 is 10.6 Å². The van der Waals surface area contributed by atoms with Crippen LogP contribution in [0.2, 0.25) is 0 Å². The molecular weight excluding hydrogens is 200 g/mol. The van der Waals surface area contributed by atoms with Gasteiger partial charge in [-0.2, -0.15) is 11.8 Å². The standard InChI is InChI=1S/C9H18N2O2S/c1-13-8-6-10-5-7(8)11-9(12)3-4-14-2/h7-8,10H,3-6H2,1-2H3,(H,11,12)/t7?,8-/m0/s1. The Balaban J connectivity index is 2.25. The summed E-state index contributed by atoms with van der Waals surface area (Å²) in [5.41, 5.74) is 0. The lowest BCUT2D eigenvalue weighted by molar-refractivity contribution is -0.122. The second-order valence-electron chi connectivity index (χ2n) is 3.35. The monoisotopic (exact) mass is 218 g/mol. The number of thioether (sulfide) groups is 1. The van der Waals surface area contributed by atoms with E-state index in [4.69, 9.17) is 4.74 Å². The van der Waals surface area contributed by atoms with Gasteiger partial charge in [0.15, 0.2) is 0 Å². The molecule has 2 atom stereocenters. The molecule has 0 aromatic rings. The molecule has 0 aliphatic carbocycles. The van der Waals surface area contributed by atoms with Crippen molar-refractivity contribution in [1.82, 2.24) is 10.6 Å². The molecule has 1 heterocycles. The molecule has 1 fully saturated rings. The topological polar surface area (TPSA) is 50.4 Å². The molecule has 4 nitrogen and oxygen atoms in total. The lowest BCUT2D eigenvalue weighted by Gasteiger charge is -2.18. The third-order valence-electron chi connectivity index (χ3n) is 2.34. The van der Waals surface area contributed by atoms with Crippen molar-refractivity contribution in [3.63, 3.8) is 0 Å². The van der Waals surface area contributed by atoms with Gasteiger partial charge in [-0.25, -0.2) is 0 Å². The fraction of sp³-hybridized carbons (Fsp3) is 0.889. The quantitative estimate of drug-likeness (QED) is 0.673. The van der Waals surface area contributed by atoms with Crippen LogP contribution in [0.25, 0.3) is 0 Å². The number of ether oxygens (including phenoxy) is 1. The second kappa shape index (κ2) is 6.27. The van der Waals surface area contributed by atoms with Gasteiger partial charge in [0.25, 0.3) is 0 Å². The molecule has 0 aromatic heterocycles. The predicted molar refractivity (Wildman–Crippen MR) is 58.6 cm³/mol. The summed E-state index contributed by atoms with van der Waals surface area (Å²) in [5.74, 6) is 0.999. The summed E-state index contributed by atoms with van der Waals surface area (Å²) in [4.78, 5) is 11.4. The third kappa shape index (κ3) is 3.48. The first-order chi connectivity index (χ1) is 6.77. The van der Waals surface area contributed by atoms with Crippen molar-refractivity contribution in [2.45, 2.75) is 18.6 Å². The fourth-order valence-electron chi connectivity index (χ4n) is 1.52. The smallest absolute Gasteiger partial charge is 0.221 e. The van der Waals surface area contributed by atoms with Crippen LogP contribution >= 0.6 is 11.8 Å². The van der Waals surface area contributed by atoms with Crippen LogP contribution in [0.15, 0.2) is 0 Å². The Kier molecular flexibility index (Phi) is 5.29. The Bertz CT molecular complexity index is 190. The average molecular weight is 218 g/mol. The highest BCUT2D eigenvalue weighted by molar-refractivity contribution is 7.98. The van der Waals surface area contributed by atoms with Gasteiger partial charge in [-0.15, -0.1) is 0 Å². The Morgan fingerprint density at radius 1 is 1.64 bits per heavy atom. The van der Waals surface area contributed by atoms with E-state index in [-0.39, 0.29) is 18.1 Å². The van der Waals surface area contributed by atoms with Crippen LogP contribution in [0.3, 0.4) is 0 Å². The molecule has 1 aliphatic rings. The molecule has 82 valence electrons. The summed E-state index contributed by atoms with van der Waals surface area (Å²) in [7, 11) is 1.68. The van der Waals surface area contributed by atoms with E-state index in [0.29, 0.717) is 6.42 Å². The van der Waals surface area contributed by atoms with Gasteiger partial charge in [-0.3, -0.25) is 4.79 Å². The van der Waals surface area contributed by atoms with Crippen LogP contribution in [0.1, 0.15) is 6.42 Å². The number of carbonyl (C=O) groups excluding carboxylic acids is 1. The van der Waals surface area contributed by atoms with Crippen LogP contribution in [0.4, 0.5) is 0 Å². The van der Waals surface area contributed by atoms with Gasteiger partial charge in [-0.05, 0) is 6.26 Å². The van der Waals surface area contributed by atoms with Crippen molar-refractivity contribution in [2.75, 3.05) is 32.2 Å². The highest BCUT2D eigenvalue weighted by Gasteiger charge is 2.27. The third-order valence-corrected chi connectivity index (χ3v) is 2.95. The minimum absolute atomic E-state index is 0.119. The van der Waals surface area contributed by atoms with E-state index in [2.05, 4.69) is 10.6 Å². The summed E-state index contributed by atoms with van der Waals surface area (Å²) in [5, 5.41) is 6.16. The lowest BCUT2D eigenvalue weighted by Crippen LogP contribution is -2.43. The molecule has 1 unspecified atom stereocenters. The van der Waals surface area contributed by atoms with E-state index in [1.54, 1.807) is 18.9 Å². The molecule has 2 N–H and O–H groups in total. The van der Waals surface area contributed by atoms with E-state index in [9.17, 15) is 4.79 Å². The molecule has 1 saturated heterocycles. The first-order valence-electron chi connectivity index (χ1n) is 4.79.